The van der Waals surface area contributed by atoms with E-state index in [2.05, 4.69) is 35.4 Å². The van der Waals surface area contributed by atoms with Crippen LogP contribution in [0.4, 0.5) is 0 Å². The number of carbonyl (C=O) groups is 1. The van der Waals surface area contributed by atoms with Gasteiger partial charge in [-0.2, -0.15) is 5.10 Å². The molecule has 4 heteroatoms. The molecule has 0 unspecified atom stereocenters. The Morgan fingerprint density at radius 3 is 2.48 bits per heavy atom. The van der Waals surface area contributed by atoms with Gasteiger partial charge in [-0.15, -0.1) is 0 Å². The van der Waals surface area contributed by atoms with Crippen molar-refractivity contribution in [3.63, 3.8) is 0 Å². The standard InChI is InChI=1S/C21H17ClN2O/c1-14(25)24-21(16-8-10-19(22)11-9-16)13-20(23-24)18-7-6-15-4-2-3-5-17(15)12-18/h2-12,21H,13H2,1H3/t21-/m0/s1. The van der Waals surface area contributed by atoms with Crippen LogP contribution in [-0.4, -0.2) is 16.6 Å². The highest BCUT2D eigenvalue weighted by Crippen LogP contribution is 2.33. The number of benzene rings is 3. The van der Waals surface area contributed by atoms with Gasteiger partial charge in [0.15, 0.2) is 0 Å². The van der Waals surface area contributed by atoms with Crippen LogP contribution >= 0.6 is 11.6 Å². The van der Waals surface area contributed by atoms with Crippen LogP contribution in [0.3, 0.4) is 0 Å². The zero-order valence-corrected chi connectivity index (χ0v) is 14.6. The minimum Gasteiger partial charge on any atom is -0.273 e. The molecule has 0 saturated carbocycles. The fraction of sp³-hybridized carbons (Fsp3) is 0.143. The molecule has 0 aliphatic carbocycles. The summed E-state index contributed by atoms with van der Waals surface area (Å²) in [6, 6.07) is 22.1. The van der Waals surface area contributed by atoms with Crippen molar-refractivity contribution in [3.8, 4) is 0 Å². The fourth-order valence-corrected chi connectivity index (χ4v) is 3.41. The molecule has 1 atom stereocenters. The van der Waals surface area contributed by atoms with Gasteiger partial charge < -0.3 is 0 Å². The molecule has 1 aliphatic heterocycles. The molecular weight excluding hydrogens is 332 g/mol. The Morgan fingerprint density at radius 2 is 1.76 bits per heavy atom. The van der Waals surface area contributed by atoms with E-state index in [0.29, 0.717) is 11.4 Å². The molecule has 25 heavy (non-hydrogen) atoms. The van der Waals surface area contributed by atoms with Crippen molar-refractivity contribution in [2.24, 2.45) is 5.10 Å². The van der Waals surface area contributed by atoms with Crippen molar-refractivity contribution >= 4 is 34.0 Å². The normalized spacial score (nSPS) is 17.0. The van der Waals surface area contributed by atoms with Gasteiger partial charge in [-0.05, 0) is 40.1 Å². The van der Waals surface area contributed by atoms with E-state index in [1.807, 2.05) is 36.4 Å². The van der Waals surface area contributed by atoms with Crippen LogP contribution in [0.15, 0.2) is 71.8 Å². The van der Waals surface area contributed by atoms with Crippen LogP contribution in [0.2, 0.25) is 5.02 Å². The van der Waals surface area contributed by atoms with Crippen molar-refractivity contribution in [3.05, 3.63) is 82.9 Å². The lowest BCUT2D eigenvalue weighted by atomic mass is 9.97. The van der Waals surface area contributed by atoms with E-state index in [1.54, 1.807) is 11.9 Å². The first kappa shape index (κ1) is 15.9. The van der Waals surface area contributed by atoms with Crippen molar-refractivity contribution in [1.82, 2.24) is 5.01 Å². The van der Waals surface area contributed by atoms with Gasteiger partial charge in [0.2, 0.25) is 5.91 Å². The van der Waals surface area contributed by atoms with Crippen molar-refractivity contribution < 1.29 is 4.79 Å². The fourth-order valence-electron chi connectivity index (χ4n) is 3.29. The van der Waals surface area contributed by atoms with E-state index in [0.717, 1.165) is 16.8 Å². The van der Waals surface area contributed by atoms with Crippen LogP contribution in [0.25, 0.3) is 10.8 Å². The lowest BCUT2D eigenvalue weighted by Crippen LogP contribution is -2.24. The number of rotatable bonds is 2. The summed E-state index contributed by atoms with van der Waals surface area (Å²) in [6.45, 7) is 1.55. The Morgan fingerprint density at radius 1 is 1.04 bits per heavy atom. The molecule has 0 saturated heterocycles. The number of hydrogen-bond acceptors (Lipinski definition) is 2. The molecule has 3 aromatic carbocycles. The predicted octanol–water partition coefficient (Wildman–Crippen LogP) is 5.19. The minimum atomic E-state index is -0.0868. The number of hydrazone groups is 1. The topological polar surface area (TPSA) is 32.7 Å². The number of amides is 1. The molecule has 1 amide bonds. The summed E-state index contributed by atoms with van der Waals surface area (Å²) >= 11 is 5.99. The Kier molecular flexibility index (Phi) is 4.02. The summed E-state index contributed by atoms with van der Waals surface area (Å²) in [5, 5.41) is 9.25. The van der Waals surface area contributed by atoms with Gasteiger partial charge in [-0.1, -0.05) is 60.1 Å². The predicted molar refractivity (Wildman–Crippen MR) is 102 cm³/mol. The zero-order chi connectivity index (χ0) is 17.4. The SMILES string of the molecule is CC(=O)N1N=C(c2ccc3ccccc3c2)C[C@H]1c1ccc(Cl)cc1. The first-order valence-electron chi connectivity index (χ1n) is 8.24. The zero-order valence-electron chi connectivity index (χ0n) is 13.8. The van der Waals surface area contributed by atoms with Crippen molar-refractivity contribution in [2.75, 3.05) is 0 Å². The van der Waals surface area contributed by atoms with Crippen LogP contribution in [0.1, 0.15) is 30.5 Å². The molecule has 0 aromatic heterocycles. The second kappa shape index (κ2) is 6.34. The first-order valence-corrected chi connectivity index (χ1v) is 8.61. The molecular formula is C21H17ClN2O. The molecule has 0 bridgehead atoms. The number of nitrogens with zero attached hydrogens (tertiary/aromatic N) is 2. The first-order chi connectivity index (χ1) is 12.1. The quantitative estimate of drug-likeness (QED) is 0.627. The number of carbonyl (C=O) groups excluding carboxylic acids is 1. The molecule has 0 N–H and O–H groups in total. The summed E-state index contributed by atoms with van der Waals surface area (Å²) in [7, 11) is 0. The molecule has 1 heterocycles. The molecule has 3 nitrogen and oxygen atoms in total. The summed E-state index contributed by atoms with van der Waals surface area (Å²) < 4.78 is 0. The van der Waals surface area contributed by atoms with Crippen LogP contribution in [-0.2, 0) is 4.79 Å². The highest BCUT2D eigenvalue weighted by atomic mass is 35.5. The lowest BCUT2D eigenvalue weighted by Gasteiger charge is -2.20. The van der Waals surface area contributed by atoms with Gasteiger partial charge in [0.25, 0.3) is 0 Å². The summed E-state index contributed by atoms with van der Waals surface area (Å²) in [6.07, 6.45) is 0.694. The Hall–Kier alpha value is -2.65. The highest BCUT2D eigenvalue weighted by Gasteiger charge is 2.31. The van der Waals surface area contributed by atoms with Gasteiger partial charge >= 0.3 is 0 Å². The third-order valence-electron chi connectivity index (χ3n) is 4.57. The maximum Gasteiger partial charge on any atom is 0.240 e. The molecule has 3 aromatic rings. The second-order valence-electron chi connectivity index (χ2n) is 6.24. The van der Waals surface area contributed by atoms with Crippen LogP contribution < -0.4 is 0 Å². The largest absolute Gasteiger partial charge is 0.273 e. The van der Waals surface area contributed by atoms with Crippen LogP contribution in [0, 0.1) is 0 Å². The Balaban J connectivity index is 1.71. The molecule has 0 spiro atoms. The number of halogens is 1. The molecule has 124 valence electrons. The average molecular weight is 349 g/mol. The van der Waals surface area contributed by atoms with E-state index < -0.39 is 0 Å². The maximum atomic E-state index is 12.1. The van der Waals surface area contributed by atoms with Gasteiger partial charge in [0.1, 0.15) is 0 Å². The molecule has 0 fully saturated rings. The van der Waals surface area contributed by atoms with Gasteiger partial charge in [-0.25, -0.2) is 5.01 Å². The van der Waals surface area contributed by atoms with E-state index in [4.69, 9.17) is 11.6 Å². The number of hydrogen-bond donors (Lipinski definition) is 0. The Labute approximate surface area is 151 Å². The average Bonchev–Trinajstić information content (AvgIpc) is 3.07. The summed E-state index contributed by atoms with van der Waals surface area (Å²) in [5.74, 6) is -0.0595. The molecule has 4 rings (SSSR count). The van der Waals surface area contributed by atoms with E-state index in [1.165, 1.54) is 10.8 Å². The molecule has 1 aliphatic rings. The monoisotopic (exact) mass is 348 g/mol. The summed E-state index contributed by atoms with van der Waals surface area (Å²) in [4.78, 5) is 12.1. The van der Waals surface area contributed by atoms with E-state index in [-0.39, 0.29) is 11.9 Å². The maximum absolute atomic E-state index is 12.1. The van der Waals surface area contributed by atoms with E-state index in [9.17, 15) is 4.79 Å². The Bertz CT molecular complexity index is 979. The summed E-state index contributed by atoms with van der Waals surface area (Å²) in [5.41, 5.74) is 3.03. The number of fused-ring (bicyclic) bond motifs is 1. The second-order valence-corrected chi connectivity index (χ2v) is 6.68. The minimum absolute atomic E-state index is 0.0595. The van der Waals surface area contributed by atoms with Crippen molar-refractivity contribution in [1.29, 1.82) is 0 Å². The van der Waals surface area contributed by atoms with Gasteiger partial charge in [0, 0.05) is 18.4 Å². The van der Waals surface area contributed by atoms with Crippen molar-refractivity contribution in [2.45, 2.75) is 19.4 Å². The molecule has 0 radical (unpaired) electrons. The third-order valence-corrected chi connectivity index (χ3v) is 4.82. The smallest absolute Gasteiger partial charge is 0.240 e. The van der Waals surface area contributed by atoms with Gasteiger partial charge in [0.05, 0.1) is 11.8 Å². The van der Waals surface area contributed by atoms with E-state index >= 15 is 0 Å². The lowest BCUT2D eigenvalue weighted by molar-refractivity contribution is -0.130. The van der Waals surface area contributed by atoms with Gasteiger partial charge in [-0.3, -0.25) is 4.79 Å². The van der Waals surface area contributed by atoms with Crippen LogP contribution in [0.5, 0.6) is 0 Å². The highest BCUT2D eigenvalue weighted by molar-refractivity contribution is 6.30. The third kappa shape index (κ3) is 3.03.